The van der Waals surface area contributed by atoms with E-state index in [2.05, 4.69) is 21.3 Å². The van der Waals surface area contributed by atoms with Gasteiger partial charge in [-0.3, -0.25) is 48.2 Å². The first-order chi connectivity index (χ1) is 53.1. The first-order valence-corrected chi connectivity index (χ1v) is 40.9. The van der Waals surface area contributed by atoms with Crippen molar-refractivity contribution in [2.75, 3.05) is 160 Å². The number of ether oxygens (including phenoxy) is 8. The molecule has 3 fully saturated rings. The number of nitrogens with two attached hydrogens (primary N) is 1. The predicted molar refractivity (Wildman–Crippen MR) is 414 cm³/mol. The number of phosphoric ester groups is 1. The minimum absolute atomic E-state index is 0.0278. The lowest BCUT2D eigenvalue weighted by molar-refractivity contribution is -0.205. The number of imide groups is 1. The fourth-order valence-corrected chi connectivity index (χ4v) is 17.4. The van der Waals surface area contributed by atoms with E-state index in [-0.39, 0.29) is 156 Å². The van der Waals surface area contributed by atoms with Crippen LogP contribution in [0.25, 0.3) is 20.2 Å². The quantitative estimate of drug-likeness (QED) is 0.00857. The number of phosphoric acid groups is 1. The van der Waals surface area contributed by atoms with E-state index in [1.165, 1.54) is 64.8 Å². The van der Waals surface area contributed by atoms with Gasteiger partial charge in [-0.2, -0.15) is 0 Å². The number of benzene rings is 3. The van der Waals surface area contributed by atoms with Crippen molar-refractivity contribution in [3.8, 4) is 11.5 Å². The largest absolute Gasteiger partial charge is 0.524 e. The Morgan fingerprint density at radius 2 is 1.14 bits per heavy atom. The summed E-state index contributed by atoms with van der Waals surface area (Å²) in [6, 6.07) is 6.78. The van der Waals surface area contributed by atoms with Crippen LogP contribution in [-0.4, -0.2) is 241 Å². The number of thiophene rings is 2. The molecule has 0 radical (unpaired) electrons. The molecule has 3 aliphatic heterocycles. The highest BCUT2D eigenvalue weighted by Gasteiger charge is 2.76. The predicted octanol–water partition coefficient (Wildman–Crippen LogP) is 7.54. The number of likely N-dealkylation sites (N-methyl/N-ethyl adjacent to an activating group) is 2. The van der Waals surface area contributed by atoms with Gasteiger partial charge in [-0.25, -0.2) is 18.9 Å². The van der Waals surface area contributed by atoms with Gasteiger partial charge in [0.15, 0.2) is 11.5 Å². The van der Waals surface area contributed by atoms with Gasteiger partial charge in [0.05, 0.1) is 117 Å². The number of amides is 11. The minimum atomic E-state index is -4.97. The summed E-state index contributed by atoms with van der Waals surface area (Å²) in [5.74, 6) is -2.98. The molecule has 11 rings (SSSR count). The van der Waals surface area contributed by atoms with Crippen LogP contribution in [0.1, 0.15) is 92.0 Å². The van der Waals surface area contributed by atoms with E-state index in [0.29, 0.717) is 104 Å². The van der Waals surface area contributed by atoms with Gasteiger partial charge in [-0.15, -0.1) is 45.9 Å². The number of rotatable bonds is 43. The normalized spacial score (nSPS) is 18.7. The zero-order valence-electron chi connectivity index (χ0n) is 62.6. The van der Waals surface area contributed by atoms with Crippen molar-refractivity contribution in [1.29, 1.82) is 0 Å². The summed E-state index contributed by atoms with van der Waals surface area (Å²) in [5.41, 5.74) is 9.00. The fraction of sp³-hybridized carbons (Fsp3) is 0.541. The molecular weight excluding hydrogens is 1550 g/mol. The lowest BCUT2D eigenvalue weighted by atomic mass is 9.34. The van der Waals surface area contributed by atoms with Gasteiger partial charge in [0.25, 0.3) is 11.8 Å². The van der Waals surface area contributed by atoms with Gasteiger partial charge in [0, 0.05) is 118 Å². The van der Waals surface area contributed by atoms with Crippen LogP contribution in [0.15, 0.2) is 59.3 Å². The molecule has 0 spiro atoms. The number of hydrogen-bond acceptors (Lipinski definition) is 22. The van der Waals surface area contributed by atoms with Crippen molar-refractivity contribution >= 4 is 151 Å². The van der Waals surface area contributed by atoms with E-state index in [1.807, 2.05) is 24.6 Å². The monoisotopic (exact) mass is 1640 g/mol. The van der Waals surface area contributed by atoms with E-state index in [1.54, 1.807) is 54.0 Å². The van der Waals surface area contributed by atoms with Gasteiger partial charge in [-0.05, 0) is 103 Å². The van der Waals surface area contributed by atoms with Gasteiger partial charge in [-0.1, -0.05) is 26.0 Å². The third-order valence-corrected chi connectivity index (χ3v) is 23.4. The molecule has 111 heavy (non-hydrogen) atoms. The summed E-state index contributed by atoms with van der Waals surface area (Å²) in [6.07, 6.45) is 2.19. The van der Waals surface area contributed by atoms with Crippen molar-refractivity contribution in [2.45, 2.75) is 96.7 Å². The maximum atomic E-state index is 15.0. The van der Waals surface area contributed by atoms with Crippen molar-refractivity contribution < 1.29 is 105 Å². The number of hydrogen-bond donors (Lipinski definition) is 7. The Bertz CT molecular complexity index is 4290. The van der Waals surface area contributed by atoms with Crippen LogP contribution in [0.4, 0.5) is 31.4 Å². The minimum Gasteiger partial charge on any atom is -0.445 e. The van der Waals surface area contributed by atoms with Crippen molar-refractivity contribution in [1.82, 2.24) is 30.7 Å². The highest BCUT2D eigenvalue weighted by Crippen LogP contribution is 2.75. The molecular formula is C74H95Cl2N10O22PS2. The summed E-state index contributed by atoms with van der Waals surface area (Å²) < 4.78 is 63.2. The van der Waals surface area contributed by atoms with Crippen LogP contribution in [-0.2, 0) is 77.9 Å². The second-order valence-corrected chi connectivity index (χ2v) is 31.9. The third-order valence-electron chi connectivity index (χ3n) is 20.0. The summed E-state index contributed by atoms with van der Waals surface area (Å²) >= 11 is 15.9. The Morgan fingerprint density at radius 1 is 0.667 bits per heavy atom. The third kappa shape index (κ3) is 21.0. The van der Waals surface area contributed by atoms with Crippen LogP contribution in [0.2, 0.25) is 0 Å². The van der Waals surface area contributed by atoms with Crippen LogP contribution < -0.4 is 46.1 Å². The summed E-state index contributed by atoms with van der Waals surface area (Å²) in [6.45, 7) is 11.5. The average Bonchev–Trinajstić information content (AvgIpc) is 1.58. The van der Waals surface area contributed by atoms with Gasteiger partial charge in [0.1, 0.15) is 18.7 Å². The van der Waals surface area contributed by atoms with Crippen molar-refractivity contribution in [3.05, 3.63) is 87.1 Å². The van der Waals surface area contributed by atoms with E-state index in [0.717, 1.165) is 37.9 Å². The zero-order chi connectivity index (χ0) is 79.9. The molecule has 32 nitrogen and oxygen atoms in total. The van der Waals surface area contributed by atoms with E-state index >= 15 is 0 Å². The molecule has 2 aromatic heterocycles. The Kier molecular flexibility index (Phi) is 29.7. The van der Waals surface area contributed by atoms with Crippen LogP contribution >= 0.6 is 53.7 Å². The number of nitrogens with zero attached hydrogens (tertiary/aromatic N) is 5. The average molecular weight is 1640 g/mol. The van der Waals surface area contributed by atoms with Crippen molar-refractivity contribution in [3.63, 3.8) is 0 Å². The highest BCUT2D eigenvalue weighted by molar-refractivity contribution is 7.46. The van der Waals surface area contributed by atoms with Crippen LogP contribution in [0, 0.1) is 30.6 Å². The maximum Gasteiger partial charge on any atom is 0.524 e. The molecule has 3 aliphatic carbocycles. The molecule has 0 unspecified atom stereocenters. The lowest BCUT2D eigenvalue weighted by Crippen LogP contribution is -2.73. The molecule has 5 aromatic rings. The molecule has 37 heteroatoms. The number of aryl methyl sites for hydroxylation is 2. The van der Waals surface area contributed by atoms with Crippen LogP contribution in [0.3, 0.4) is 0 Å². The Labute approximate surface area is 659 Å². The first-order valence-electron chi connectivity index (χ1n) is 36.5. The molecule has 3 saturated carbocycles. The summed E-state index contributed by atoms with van der Waals surface area (Å²) in [5, 5.41) is 16.2. The van der Waals surface area contributed by atoms with Gasteiger partial charge >= 0.3 is 26.0 Å². The number of primary amides is 1. The number of carbonyl (C=O) groups excluding carboxylic acids is 10. The zero-order valence-corrected chi connectivity index (χ0v) is 66.7. The van der Waals surface area contributed by atoms with Gasteiger partial charge in [0.2, 0.25) is 29.5 Å². The highest BCUT2D eigenvalue weighted by atomic mass is 35.5. The molecule has 0 saturated heterocycles. The van der Waals surface area contributed by atoms with Crippen molar-refractivity contribution in [2.24, 2.45) is 22.5 Å². The van der Waals surface area contributed by atoms with Gasteiger partial charge < -0.3 is 89.0 Å². The second-order valence-electron chi connectivity index (χ2n) is 28.4. The second kappa shape index (κ2) is 38.6. The molecule has 5 heterocycles. The van der Waals surface area contributed by atoms with E-state index < -0.39 is 66.7 Å². The molecule has 6 aliphatic rings. The number of carbonyl (C=O) groups is 10. The molecule has 11 amide bonds. The number of anilines is 3. The van der Waals surface area contributed by atoms with Crippen LogP contribution in [0.5, 0.6) is 11.5 Å². The smallest absolute Gasteiger partial charge is 0.445 e. The Morgan fingerprint density at radius 3 is 1.63 bits per heavy atom. The SMILES string of the molecule is Cc1csc2c(OC(=O)N(C)CCN(C)C(=O)OCc3ccc(NC(=O)[C@H](CCCNC(N)=O)NC(=O)[C@@H](NC(=O)CCOCCOCCOCCOCCOCCOCCN4C(=O)C=CC4=O)C(C)C)cc3)cc3c(c12)[C@H](CCl)CN3C(=O)C12CC(C(=O)N3C[C@@H](CCl)c4c3cc(OP(=O)(O)O)c3scc(C)c43)(C1)C2. The molecule has 2 bridgehead atoms. The standard InChI is InChI=1S/C74H95Cl2N10O22PS2/c1-44(2)63(81-56(87)15-20-100-22-24-102-26-28-104-30-31-105-29-27-103-25-23-101-21-19-84-57(88)13-14-58(84)89)67(91)80-51(8-7-16-78-70(77)94)66(90)79-50-11-9-47(10-12-50)38-106-71(95)82(5)17-18-83(6)72(96)107-54-32-52-61(59-45(3)39-110-64(54)59)48(34-75)36-85(52)68(92)73-41-74(42-73,43-73)69(93)86-37-49(35-76)62-53(86)33-55(108-109(97,98)99)65-60(62)46(4)40-111-65/h9-14,32-33,39-40,44,48-49,51,63H,7-8,15-31,34-38,41-43H2,1-6H3,(H,79,90)(H,80,91)(H,81,87)(H3,77,78,94)(H2,97,98,99)/t48-,49-,51+,63+,73?,74?/m1/s1. The number of halogens is 2. The summed E-state index contributed by atoms with van der Waals surface area (Å²) in [4.78, 5) is 159. The van der Waals surface area contributed by atoms with E-state index in [9.17, 15) is 62.3 Å². The Balaban J connectivity index is 0.631. The number of fused-ring (bicyclic) bond motifs is 6. The Hall–Kier alpha value is -8.09. The number of alkyl halides is 2. The molecule has 8 N–H and O–H groups in total. The fourth-order valence-electron chi connectivity index (χ4n) is 14.4. The van der Waals surface area contributed by atoms with E-state index in [4.69, 9.17) is 71.4 Å². The molecule has 604 valence electrons. The maximum absolute atomic E-state index is 15.0. The topological polar surface area (TPSA) is 402 Å². The number of nitrogens with one attached hydrogen (secondary N) is 4. The lowest BCUT2D eigenvalue weighted by Gasteiger charge is -2.69. The first kappa shape index (κ1) is 85.3. The number of urea groups is 1. The molecule has 4 atom stereocenters. The molecule has 3 aromatic carbocycles. The summed E-state index contributed by atoms with van der Waals surface area (Å²) in [7, 11) is -1.93.